The molecule has 1 saturated carbocycles. The van der Waals surface area contributed by atoms with Gasteiger partial charge in [0.05, 0.1) is 13.2 Å². The Balaban J connectivity index is 1.64. The molecule has 3 rings (SSSR count). The lowest BCUT2D eigenvalue weighted by Gasteiger charge is -2.39. The molecule has 2 N–H and O–H groups in total. The summed E-state index contributed by atoms with van der Waals surface area (Å²) < 4.78 is 19.2. The Morgan fingerprint density at radius 1 is 1.33 bits per heavy atom. The number of benzene rings is 1. The third-order valence-electron chi connectivity index (χ3n) is 5.51. The second-order valence-corrected chi connectivity index (χ2v) is 7.20. The van der Waals surface area contributed by atoms with Crippen LogP contribution in [0.4, 0.5) is 4.39 Å². The Morgan fingerprint density at radius 2 is 2.12 bits per heavy atom. The summed E-state index contributed by atoms with van der Waals surface area (Å²) in [6, 6.07) is 6.44. The molecule has 0 bridgehead atoms. The number of nitrogens with zero attached hydrogens (tertiary/aromatic N) is 1. The summed E-state index contributed by atoms with van der Waals surface area (Å²) >= 11 is 0. The molecule has 1 unspecified atom stereocenters. The number of halogens is 1. The molecular formula is C19H27FN2O2. The fourth-order valence-electron chi connectivity index (χ4n) is 3.97. The number of amides is 1. The van der Waals surface area contributed by atoms with Crippen LogP contribution < -0.4 is 5.73 Å². The number of morpholine rings is 1. The summed E-state index contributed by atoms with van der Waals surface area (Å²) in [5.74, 6) is -0.115. The molecule has 5 heteroatoms. The number of carbonyl (C=O) groups excluding carboxylic acids is 1. The molecule has 0 spiro atoms. The molecule has 2 fully saturated rings. The molecule has 24 heavy (non-hydrogen) atoms. The first-order valence-corrected chi connectivity index (χ1v) is 8.97. The van der Waals surface area contributed by atoms with Gasteiger partial charge in [-0.05, 0) is 42.5 Å². The van der Waals surface area contributed by atoms with Crippen LogP contribution in [0.2, 0.25) is 0 Å². The molecule has 1 saturated heterocycles. The van der Waals surface area contributed by atoms with E-state index in [0.717, 1.165) is 18.4 Å². The predicted molar refractivity (Wildman–Crippen MR) is 90.9 cm³/mol. The van der Waals surface area contributed by atoms with Crippen LogP contribution in [0, 0.1) is 11.2 Å². The summed E-state index contributed by atoms with van der Waals surface area (Å²) in [6.07, 6.45) is 5.95. The van der Waals surface area contributed by atoms with E-state index < -0.39 is 0 Å². The molecule has 1 amide bonds. The zero-order chi connectivity index (χ0) is 17.0. The molecule has 1 aliphatic carbocycles. The second kappa shape index (κ2) is 7.62. The van der Waals surface area contributed by atoms with Gasteiger partial charge in [-0.3, -0.25) is 4.79 Å². The fraction of sp³-hybridized carbons (Fsp3) is 0.632. The summed E-state index contributed by atoms with van der Waals surface area (Å²) in [7, 11) is 0. The average molecular weight is 334 g/mol. The van der Waals surface area contributed by atoms with Crippen molar-refractivity contribution in [1.82, 2.24) is 4.90 Å². The topological polar surface area (TPSA) is 55.6 Å². The van der Waals surface area contributed by atoms with Gasteiger partial charge in [-0.2, -0.15) is 0 Å². The van der Waals surface area contributed by atoms with E-state index in [0.29, 0.717) is 32.7 Å². The van der Waals surface area contributed by atoms with E-state index in [4.69, 9.17) is 10.5 Å². The van der Waals surface area contributed by atoms with Crippen molar-refractivity contribution < 1.29 is 13.9 Å². The standard InChI is InChI=1S/C19H27FN2O2/c20-16-6-4-5-15(11-16)17-13-22(9-10-24-17)18(23)12-19(14-21)7-2-1-3-8-19/h4-6,11,17H,1-3,7-10,12-14,21H2. The normalized spacial score (nSPS) is 23.9. The monoisotopic (exact) mass is 334 g/mol. The van der Waals surface area contributed by atoms with Crippen molar-refractivity contribution in [2.45, 2.75) is 44.6 Å². The van der Waals surface area contributed by atoms with Crippen molar-refractivity contribution in [1.29, 1.82) is 0 Å². The van der Waals surface area contributed by atoms with E-state index in [1.165, 1.54) is 31.4 Å². The molecule has 1 atom stereocenters. The first-order valence-electron chi connectivity index (χ1n) is 8.97. The van der Waals surface area contributed by atoms with Crippen LogP contribution in [0.15, 0.2) is 24.3 Å². The molecular weight excluding hydrogens is 307 g/mol. The van der Waals surface area contributed by atoms with Gasteiger partial charge >= 0.3 is 0 Å². The fourth-order valence-corrected chi connectivity index (χ4v) is 3.97. The largest absolute Gasteiger partial charge is 0.370 e. The minimum Gasteiger partial charge on any atom is -0.370 e. The van der Waals surface area contributed by atoms with Crippen molar-refractivity contribution in [2.24, 2.45) is 11.1 Å². The highest BCUT2D eigenvalue weighted by Gasteiger charge is 2.35. The number of hydrogen-bond acceptors (Lipinski definition) is 3. The Labute approximate surface area is 143 Å². The van der Waals surface area contributed by atoms with Gasteiger partial charge in [0.25, 0.3) is 0 Å². The lowest BCUT2D eigenvalue weighted by molar-refractivity contribution is -0.142. The second-order valence-electron chi connectivity index (χ2n) is 7.20. The van der Waals surface area contributed by atoms with Crippen LogP contribution in [-0.2, 0) is 9.53 Å². The molecule has 0 aromatic heterocycles. The number of nitrogens with two attached hydrogens (primary N) is 1. The van der Waals surface area contributed by atoms with Gasteiger partial charge in [-0.25, -0.2) is 4.39 Å². The summed E-state index contributed by atoms with van der Waals surface area (Å²) in [5.41, 5.74) is 6.78. The number of ether oxygens (including phenoxy) is 1. The van der Waals surface area contributed by atoms with E-state index >= 15 is 0 Å². The maximum Gasteiger partial charge on any atom is 0.223 e. The lowest BCUT2D eigenvalue weighted by Crippen LogP contribution is -2.45. The van der Waals surface area contributed by atoms with Crippen molar-refractivity contribution >= 4 is 5.91 Å². The van der Waals surface area contributed by atoms with Crippen LogP contribution >= 0.6 is 0 Å². The van der Waals surface area contributed by atoms with Gasteiger partial charge < -0.3 is 15.4 Å². The summed E-state index contributed by atoms with van der Waals surface area (Å²) in [4.78, 5) is 14.7. The summed E-state index contributed by atoms with van der Waals surface area (Å²) in [6.45, 7) is 2.16. The van der Waals surface area contributed by atoms with Crippen molar-refractivity contribution in [3.8, 4) is 0 Å². The third-order valence-corrected chi connectivity index (χ3v) is 5.51. The van der Waals surface area contributed by atoms with Crippen molar-refractivity contribution in [3.05, 3.63) is 35.6 Å². The lowest BCUT2D eigenvalue weighted by atomic mass is 9.71. The number of hydrogen-bond donors (Lipinski definition) is 1. The van der Waals surface area contributed by atoms with Gasteiger partial charge in [0, 0.05) is 13.0 Å². The van der Waals surface area contributed by atoms with Crippen LogP contribution in [-0.4, -0.2) is 37.0 Å². The quantitative estimate of drug-likeness (QED) is 0.921. The molecule has 4 nitrogen and oxygen atoms in total. The van der Waals surface area contributed by atoms with Crippen molar-refractivity contribution in [2.75, 3.05) is 26.2 Å². The smallest absolute Gasteiger partial charge is 0.223 e. The van der Waals surface area contributed by atoms with Crippen molar-refractivity contribution in [3.63, 3.8) is 0 Å². The van der Waals surface area contributed by atoms with Gasteiger partial charge in [0.15, 0.2) is 0 Å². The molecule has 1 heterocycles. The SMILES string of the molecule is NCC1(CC(=O)N2CCOC(c3cccc(F)c3)C2)CCCCC1. The van der Waals surface area contributed by atoms with Crippen LogP contribution in [0.3, 0.4) is 0 Å². The van der Waals surface area contributed by atoms with E-state index in [1.54, 1.807) is 6.07 Å². The van der Waals surface area contributed by atoms with E-state index in [2.05, 4.69) is 0 Å². The predicted octanol–water partition coefficient (Wildman–Crippen LogP) is 3.02. The first kappa shape index (κ1) is 17.4. The Morgan fingerprint density at radius 3 is 2.83 bits per heavy atom. The Kier molecular flexibility index (Phi) is 5.51. The van der Waals surface area contributed by atoms with Gasteiger partial charge in [0.2, 0.25) is 5.91 Å². The van der Waals surface area contributed by atoms with E-state index in [-0.39, 0.29) is 23.2 Å². The Hall–Kier alpha value is -1.46. The highest BCUT2D eigenvalue weighted by atomic mass is 19.1. The maximum atomic E-state index is 13.4. The first-order chi connectivity index (χ1) is 11.6. The zero-order valence-corrected chi connectivity index (χ0v) is 14.2. The van der Waals surface area contributed by atoms with Crippen LogP contribution in [0.1, 0.15) is 50.2 Å². The molecule has 1 aromatic carbocycles. The highest BCUT2D eigenvalue weighted by molar-refractivity contribution is 5.77. The highest BCUT2D eigenvalue weighted by Crippen LogP contribution is 2.39. The molecule has 2 aliphatic rings. The molecule has 1 aromatic rings. The van der Waals surface area contributed by atoms with Crippen LogP contribution in [0.25, 0.3) is 0 Å². The number of carbonyl (C=O) groups is 1. The number of rotatable bonds is 4. The maximum absolute atomic E-state index is 13.4. The van der Waals surface area contributed by atoms with E-state index in [9.17, 15) is 9.18 Å². The Bertz CT molecular complexity index is 572. The minimum absolute atomic E-state index is 0.0258. The van der Waals surface area contributed by atoms with E-state index in [1.807, 2.05) is 11.0 Å². The minimum atomic E-state index is -0.274. The molecule has 132 valence electrons. The van der Waals surface area contributed by atoms with Gasteiger partial charge in [-0.1, -0.05) is 31.4 Å². The third kappa shape index (κ3) is 3.95. The average Bonchev–Trinajstić information content (AvgIpc) is 2.62. The molecule has 1 aliphatic heterocycles. The van der Waals surface area contributed by atoms with Gasteiger partial charge in [0.1, 0.15) is 11.9 Å². The molecule has 0 radical (unpaired) electrons. The summed E-state index contributed by atoms with van der Waals surface area (Å²) in [5, 5.41) is 0. The van der Waals surface area contributed by atoms with Crippen LogP contribution in [0.5, 0.6) is 0 Å². The van der Waals surface area contributed by atoms with Gasteiger partial charge in [-0.15, -0.1) is 0 Å². The zero-order valence-electron chi connectivity index (χ0n) is 14.2.